The van der Waals surface area contributed by atoms with E-state index in [4.69, 9.17) is 0 Å². The van der Waals surface area contributed by atoms with Gasteiger partial charge in [0.25, 0.3) is 0 Å². The molecule has 0 radical (unpaired) electrons. The predicted octanol–water partition coefficient (Wildman–Crippen LogP) is 2.12. The summed E-state index contributed by atoms with van der Waals surface area (Å²) >= 11 is 0. The minimum absolute atomic E-state index is 0.00157. The second-order valence-corrected chi connectivity index (χ2v) is 4.49. The number of carbonyl (C=O) groups excluding carboxylic acids is 1. The molecule has 0 fully saturated rings. The van der Waals surface area contributed by atoms with Crippen LogP contribution in [0.25, 0.3) is 10.9 Å². The number of pyridine rings is 1. The molecular formula is C14H16N2O2. The van der Waals surface area contributed by atoms with Crippen molar-refractivity contribution in [3.8, 4) is 5.75 Å². The number of aromatic nitrogens is 1. The van der Waals surface area contributed by atoms with Gasteiger partial charge in [-0.05, 0) is 18.2 Å². The summed E-state index contributed by atoms with van der Waals surface area (Å²) in [5, 5.41) is 13.5. The standard InChI is InChI=1S/C14H16N2O2/c1-9(2)16-8-13(18)10-5-6-12(17)14-11(10)4-3-7-15-14/h3-7,9,16-17H,8H2,1-2H3. The number of phenolic OH excluding ortho intramolecular Hbond substituents is 1. The van der Waals surface area contributed by atoms with Crippen molar-refractivity contribution in [2.75, 3.05) is 6.54 Å². The lowest BCUT2D eigenvalue weighted by atomic mass is 10.0. The highest BCUT2D eigenvalue weighted by atomic mass is 16.3. The summed E-state index contributed by atoms with van der Waals surface area (Å²) in [4.78, 5) is 16.2. The van der Waals surface area contributed by atoms with Crippen molar-refractivity contribution >= 4 is 16.7 Å². The van der Waals surface area contributed by atoms with E-state index in [0.29, 0.717) is 16.5 Å². The number of aromatic hydroxyl groups is 1. The smallest absolute Gasteiger partial charge is 0.177 e. The number of benzene rings is 1. The third kappa shape index (κ3) is 2.49. The summed E-state index contributed by atoms with van der Waals surface area (Å²) in [6.07, 6.45) is 1.60. The largest absolute Gasteiger partial charge is 0.506 e. The molecule has 0 amide bonds. The molecule has 18 heavy (non-hydrogen) atoms. The van der Waals surface area contributed by atoms with Crippen LogP contribution < -0.4 is 5.32 Å². The highest BCUT2D eigenvalue weighted by Crippen LogP contribution is 2.25. The van der Waals surface area contributed by atoms with Crippen molar-refractivity contribution in [3.05, 3.63) is 36.0 Å². The molecule has 4 heteroatoms. The van der Waals surface area contributed by atoms with Gasteiger partial charge in [0.2, 0.25) is 0 Å². The number of hydrogen-bond acceptors (Lipinski definition) is 4. The van der Waals surface area contributed by atoms with Crippen molar-refractivity contribution in [3.63, 3.8) is 0 Å². The van der Waals surface area contributed by atoms with Crippen molar-refractivity contribution in [1.82, 2.24) is 10.3 Å². The lowest BCUT2D eigenvalue weighted by Crippen LogP contribution is -2.29. The molecule has 0 aliphatic carbocycles. The Bertz CT molecular complexity index is 579. The van der Waals surface area contributed by atoms with E-state index in [2.05, 4.69) is 10.3 Å². The highest BCUT2D eigenvalue weighted by molar-refractivity contribution is 6.09. The molecule has 1 aromatic heterocycles. The number of Topliss-reactive ketones (excluding diaryl/α,β-unsaturated/α-hetero) is 1. The second kappa shape index (κ2) is 5.14. The van der Waals surface area contributed by atoms with Crippen molar-refractivity contribution in [2.24, 2.45) is 0 Å². The summed E-state index contributed by atoms with van der Waals surface area (Å²) in [7, 11) is 0. The first-order valence-corrected chi connectivity index (χ1v) is 5.93. The molecule has 0 bridgehead atoms. The summed E-state index contributed by atoms with van der Waals surface area (Å²) in [6, 6.07) is 6.97. The molecule has 1 aromatic carbocycles. The summed E-state index contributed by atoms with van der Waals surface area (Å²) in [5.41, 5.74) is 1.05. The lowest BCUT2D eigenvalue weighted by molar-refractivity contribution is 0.0990. The van der Waals surface area contributed by atoms with E-state index < -0.39 is 0 Å². The van der Waals surface area contributed by atoms with Crippen LogP contribution in [0.15, 0.2) is 30.5 Å². The van der Waals surface area contributed by atoms with Gasteiger partial charge in [-0.3, -0.25) is 9.78 Å². The average Bonchev–Trinajstić information content (AvgIpc) is 2.37. The Morgan fingerprint density at radius 2 is 2.17 bits per heavy atom. The fourth-order valence-electron chi connectivity index (χ4n) is 1.79. The number of fused-ring (bicyclic) bond motifs is 1. The van der Waals surface area contributed by atoms with Crippen LogP contribution in [-0.2, 0) is 0 Å². The first-order valence-electron chi connectivity index (χ1n) is 5.93. The zero-order valence-corrected chi connectivity index (χ0v) is 10.5. The molecule has 2 N–H and O–H groups in total. The van der Waals surface area contributed by atoms with Crippen LogP contribution in [0.1, 0.15) is 24.2 Å². The molecule has 94 valence electrons. The van der Waals surface area contributed by atoms with Gasteiger partial charge in [-0.25, -0.2) is 0 Å². The van der Waals surface area contributed by atoms with Crippen LogP contribution in [0.5, 0.6) is 5.75 Å². The van der Waals surface area contributed by atoms with Crippen molar-refractivity contribution in [2.45, 2.75) is 19.9 Å². The van der Waals surface area contributed by atoms with Gasteiger partial charge in [0.1, 0.15) is 11.3 Å². The van der Waals surface area contributed by atoms with Gasteiger partial charge < -0.3 is 10.4 Å². The maximum Gasteiger partial charge on any atom is 0.177 e. The Hall–Kier alpha value is -1.94. The van der Waals surface area contributed by atoms with E-state index in [-0.39, 0.29) is 24.1 Å². The fraction of sp³-hybridized carbons (Fsp3) is 0.286. The topological polar surface area (TPSA) is 62.2 Å². The summed E-state index contributed by atoms with van der Waals surface area (Å²) in [6.45, 7) is 4.26. The second-order valence-electron chi connectivity index (χ2n) is 4.49. The SMILES string of the molecule is CC(C)NCC(=O)c1ccc(O)c2ncccc12. The third-order valence-electron chi connectivity index (χ3n) is 2.72. The zero-order valence-electron chi connectivity index (χ0n) is 10.5. The number of nitrogens with one attached hydrogen (secondary N) is 1. The molecule has 0 saturated heterocycles. The van der Waals surface area contributed by atoms with Crippen molar-refractivity contribution in [1.29, 1.82) is 0 Å². The first-order chi connectivity index (χ1) is 8.59. The van der Waals surface area contributed by atoms with Crippen molar-refractivity contribution < 1.29 is 9.90 Å². The van der Waals surface area contributed by atoms with Crippen LogP contribution >= 0.6 is 0 Å². The maximum absolute atomic E-state index is 12.1. The molecule has 4 nitrogen and oxygen atoms in total. The maximum atomic E-state index is 12.1. The molecule has 0 spiro atoms. The Labute approximate surface area is 106 Å². The lowest BCUT2D eigenvalue weighted by Gasteiger charge is -2.09. The number of phenols is 1. The van der Waals surface area contributed by atoms with Crippen LogP contribution in [0.2, 0.25) is 0 Å². The van der Waals surface area contributed by atoms with E-state index in [9.17, 15) is 9.90 Å². The number of carbonyl (C=O) groups is 1. The Kier molecular flexibility index (Phi) is 3.58. The van der Waals surface area contributed by atoms with Gasteiger partial charge in [-0.1, -0.05) is 19.9 Å². The van der Waals surface area contributed by atoms with E-state index in [0.717, 1.165) is 0 Å². The molecule has 0 aliphatic rings. The predicted molar refractivity (Wildman–Crippen MR) is 70.9 cm³/mol. The minimum atomic E-state index is 0.00157. The number of ketones is 1. The zero-order chi connectivity index (χ0) is 13.1. The molecule has 2 aromatic rings. The molecule has 0 saturated carbocycles. The molecule has 0 aliphatic heterocycles. The Morgan fingerprint density at radius 1 is 1.39 bits per heavy atom. The Balaban J connectivity index is 2.39. The average molecular weight is 244 g/mol. The van der Waals surface area contributed by atoms with Gasteiger partial charge in [0.15, 0.2) is 5.78 Å². The number of rotatable bonds is 4. The van der Waals surface area contributed by atoms with Gasteiger partial charge in [0.05, 0.1) is 6.54 Å². The van der Waals surface area contributed by atoms with E-state index in [1.807, 2.05) is 13.8 Å². The first kappa shape index (κ1) is 12.5. The quantitative estimate of drug-likeness (QED) is 0.809. The van der Waals surface area contributed by atoms with Crippen LogP contribution in [-0.4, -0.2) is 28.5 Å². The number of nitrogens with zero attached hydrogens (tertiary/aromatic N) is 1. The molecule has 1 heterocycles. The van der Waals surface area contributed by atoms with Crippen LogP contribution in [0.4, 0.5) is 0 Å². The third-order valence-corrected chi connectivity index (χ3v) is 2.72. The fourth-order valence-corrected chi connectivity index (χ4v) is 1.79. The normalized spacial score (nSPS) is 11.1. The van der Waals surface area contributed by atoms with E-state index in [1.54, 1.807) is 24.4 Å². The highest BCUT2D eigenvalue weighted by Gasteiger charge is 2.12. The minimum Gasteiger partial charge on any atom is -0.506 e. The molecular weight excluding hydrogens is 228 g/mol. The monoisotopic (exact) mass is 244 g/mol. The summed E-state index contributed by atoms with van der Waals surface area (Å²) in [5.74, 6) is 0.0978. The Morgan fingerprint density at radius 3 is 2.89 bits per heavy atom. The van der Waals surface area contributed by atoms with Crippen LogP contribution in [0.3, 0.4) is 0 Å². The number of hydrogen-bond donors (Lipinski definition) is 2. The molecule has 0 unspecified atom stereocenters. The van der Waals surface area contributed by atoms with E-state index >= 15 is 0 Å². The van der Waals surface area contributed by atoms with Gasteiger partial charge in [0, 0.05) is 23.2 Å². The van der Waals surface area contributed by atoms with Gasteiger partial charge in [-0.15, -0.1) is 0 Å². The van der Waals surface area contributed by atoms with Gasteiger partial charge in [-0.2, -0.15) is 0 Å². The van der Waals surface area contributed by atoms with Crippen LogP contribution in [0, 0.1) is 0 Å². The molecule has 0 atom stereocenters. The summed E-state index contributed by atoms with van der Waals surface area (Å²) < 4.78 is 0. The molecule has 2 rings (SSSR count). The van der Waals surface area contributed by atoms with Gasteiger partial charge >= 0.3 is 0 Å². The van der Waals surface area contributed by atoms with E-state index in [1.165, 1.54) is 6.07 Å².